The van der Waals surface area contributed by atoms with Crippen molar-refractivity contribution in [1.29, 1.82) is 0 Å². The van der Waals surface area contributed by atoms with E-state index in [1.165, 1.54) is 44.7 Å². The van der Waals surface area contributed by atoms with E-state index in [4.69, 9.17) is 9.47 Å². The highest BCUT2D eigenvalue weighted by Gasteiger charge is 2.35. The second-order valence-electron chi connectivity index (χ2n) is 6.81. The molecule has 0 bridgehead atoms. The molecule has 0 fully saturated rings. The van der Waals surface area contributed by atoms with Gasteiger partial charge in [0.15, 0.2) is 17.2 Å². The molecular weight excluding hydrogens is 480 g/mol. The number of methoxy groups -OCH3 is 1. The Balaban J connectivity index is 2.03. The highest BCUT2D eigenvalue weighted by molar-refractivity contribution is 7.93. The molecular formula is C21H18F4N4O4S. The van der Waals surface area contributed by atoms with E-state index < -0.39 is 44.8 Å². The molecule has 34 heavy (non-hydrogen) atoms. The second-order valence-corrected chi connectivity index (χ2v) is 9.25. The molecule has 0 aliphatic heterocycles. The molecule has 1 heterocycles. The van der Waals surface area contributed by atoms with E-state index in [9.17, 15) is 26.6 Å². The zero-order valence-corrected chi connectivity index (χ0v) is 18.8. The van der Waals surface area contributed by atoms with Gasteiger partial charge in [0.2, 0.25) is 0 Å². The summed E-state index contributed by atoms with van der Waals surface area (Å²) < 4.78 is 79.9. The highest BCUT2D eigenvalue weighted by Crippen LogP contribution is 2.35. The highest BCUT2D eigenvalue weighted by atomic mass is 32.2. The summed E-state index contributed by atoms with van der Waals surface area (Å²) in [6.07, 6.45) is -3.48. The predicted octanol–water partition coefficient (Wildman–Crippen LogP) is 4.77. The third-order valence-electron chi connectivity index (χ3n) is 4.51. The number of halogens is 4. The Labute approximate surface area is 192 Å². The van der Waals surface area contributed by atoms with Gasteiger partial charge in [-0.3, -0.25) is 4.79 Å². The number of carbonyl (C=O) groups is 1. The van der Waals surface area contributed by atoms with E-state index >= 15 is 0 Å². The zero-order chi connectivity index (χ0) is 25.1. The number of hydrogen-bond acceptors (Lipinski definition) is 7. The summed E-state index contributed by atoms with van der Waals surface area (Å²) in [5.74, 6) is -2.42. The number of carbonyl (C=O) groups excluding carboxylic acids is 1. The molecule has 1 amide bonds. The fourth-order valence-corrected chi connectivity index (χ4v) is 3.59. The molecule has 2 aromatic carbocycles. The first-order valence-corrected chi connectivity index (χ1v) is 11.3. The first-order valence-electron chi connectivity index (χ1n) is 9.42. The Morgan fingerprint density at radius 1 is 1.09 bits per heavy atom. The largest absolute Gasteiger partial charge is 0.493 e. The Bertz CT molecular complexity index is 1350. The van der Waals surface area contributed by atoms with Gasteiger partial charge in [-0.2, -0.15) is 13.2 Å². The van der Waals surface area contributed by atoms with Crippen molar-refractivity contribution in [2.24, 2.45) is 4.36 Å². The molecule has 1 N–H and O–H groups in total. The van der Waals surface area contributed by atoms with Crippen LogP contribution in [0.4, 0.5) is 23.2 Å². The van der Waals surface area contributed by atoms with E-state index in [1.54, 1.807) is 0 Å². The monoisotopic (exact) mass is 498 g/mol. The molecule has 0 aliphatic carbocycles. The second kappa shape index (κ2) is 9.63. The lowest BCUT2D eigenvalue weighted by Crippen LogP contribution is -2.18. The van der Waals surface area contributed by atoms with Gasteiger partial charge in [-0.05, 0) is 36.4 Å². The topological polar surface area (TPSA) is 103 Å². The normalized spacial score (nSPS) is 13.0. The van der Waals surface area contributed by atoms with E-state index in [0.717, 1.165) is 18.2 Å². The third-order valence-corrected chi connectivity index (χ3v) is 6.33. The number of amides is 1. The summed E-state index contributed by atoms with van der Waals surface area (Å²) in [5.41, 5.74) is -1.88. The van der Waals surface area contributed by atoms with Gasteiger partial charge >= 0.3 is 6.18 Å². The van der Waals surface area contributed by atoms with Crippen molar-refractivity contribution >= 4 is 21.3 Å². The van der Waals surface area contributed by atoms with E-state index in [-0.39, 0.29) is 17.2 Å². The van der Waals surface area contributed by atoms with Gasteiger partial charge in [0.1, 0.15) is 11.4 Å². The lowest BCUT2D eigenvalue weighted by Gasteiger charge is -2.14. The SMILES string of the molecule is CN=S(C)(=O)c1cccc(NC(=O)c2cc(C(F)(F)F)nnc2Oc2ccc(F)cc2OC)c1. The van der Waals surface area contributed by atoms with Crippen molar-refractivity contribution in [2.45, 2.75) is 11.1 Å². The quantitative estimate of drug-likeness (QED) is 0.491. The third kappa shape index (κ3) is 5.60. The smallest absolute Gasteiger partial charge is 0.435 e. The average molecular weight is 498 g/mol. The minimum atomic E-state index is -4.88. The molecule has 8 nitrogen and oxygen atoms in total. The van der Waals surface area contributed by atoms with Crippen molar-refractivity contribution in [3.63, 3.8) is 0 Å². The fourth-order valence-electron chi connectivity index (χ4n) is 2.70. The van der Waals surface area contributed by atoms with Crippen molar-refractivity contribution in [3.8, 4) is 17.4 Å². The zero-order valence-electron chi connectivity index (χ0n) is 18.0. The van der Waals surface area contributed by atoms with Gasteiger partial charge in [-0.25, -0.2) is 13.0 Å². The molecule has 3 aromatic rings. The van der Waals surface area contributed by atoms with Crippen molar-refractivity contribution in [2.75, 3.05) is 25.7 Å². The Hall–Kier alpha value is -3.74. The first kappa shape index (κ1) is 24.9. The molecule has 13 heteroatoms. The summed E-state index contributed by atoms with van der Waals surface area (Å²) in [4.78, 5) is 13.2. The minimum absolute atomic E-state index is 0.0817. The van der Waals surface area contributed by atoms with Gasteiger partial charge in [-0.15, -0.1) is 10.2 Å². The van der Waals surface area contributed by atoms with Crippen LogP contribution in [0.1, 0.15) is 16.1 Å². The van der Waals surface area contributed by atoms with Crippen molar-refractivity contribution < 1.29 is 36.0 Å². The number of aromatic nitrogens is 2. The summed E-state index contributed by atoms with van der Waals surface area (Å²) in [7, 11) is -0.116. The number of benzene rings is 2. The molecule has 1 atom stereocenters. The fraction of sp³-hybridized carbons (Fsp3) is 0.190. The van der Waals surface area contributed by atoms with Crippen LogP contribution in [0.5, 0.6) is 17.4 Å². The van der Waals surface area contributed by atoms with Crippen LogP contribution in [0.15, 0.2) is 57.8 Å². The summed E-state index contributed by atoms with van der Waals surface area (Å²) >= 11 is 0. The Morgan fingerprint density at radius 2 is 1.82 bits per heavy atom. The molecule has 3 rings (SSSR count). The van der Waals surface area contributed by atoms with Gasteiger partial charge < -0.3 is 14.8 Å². The lowest BCUT2D eigenvalue weighted by molar-refractivity contribution is -0.141. The lowest BCUT2D eigenvalue weighted by atomic mass is 10.2. The van der Waals surface area contributed by atoms with E-state index in [0.29, 0.717) is 11.0 Å². The number of nitrogens with zero attached hydrogens (tertiary/aromatic N) is 3. The maximum absolute atomic E-state index is 13.5. The van der Waals surface area contributed by atoms with Crippen LogP contribution >= 0.6 is 0 Å². The number of hydrogen-bond donors (Lipinski definition) is 1. The van der Waals surface area contributed by atoms with Crippen LogP contribution < -0.4 is 14.8 Å². The van der Waals surface area contributed by atoms with Crippen molar-refractivity contribution in [3.05, 3.63) is 65.6 Å². The maximum atomic E-state index is 13.5. The van der Waals surface area contributed by atoms with Gasteiger partial charge in [0.25, 0.3) is 11.8 Å². The van der Waals surface area contributed by atoms with Crippen LogP contribution in [0.2, 0.25) is 0 Å². The molecule has 0 saturated heterocycles. The predicted molar refractivity (Wildman–Crippen MR) is 115 cm³/mol. The molecule has 1 unspecified atom stereocenters. The molecule has 0 saturated carbocycles. The first-order chi connectivity index (χ1) is 15.9. The van der Waals surface area contributed by atoms with E-state index in [2.05, 4.69) is 19.9 Å². The Morgan fingerprint density at radius 3 is 2.47 bits per heavy atom. The molecule has 0 spiro atoms. The van der Waals surface area contributed by atoms with Gasteiger partial charge in [0.05, 0.1) is 16.8 Å². The van der Waals surface area contributed by atoms with Crippen molar-refractivity contribution in [1.82, 2.24) is 10.2 Å². The molecule has 1 aromatic heterocycles. The van der Waals surface area contributed by atoms with Crippen LogP contribution in [0.25, 0.3) is 0 Å². The number of nitrogens with one attached hydrogen (secondary N) is 1. The minimum Gasteiger partial charge on any atom is -0.493 e. The van der Waals surface area contributed by atoms with Crippen LogP contribution in [0, 0.1) is 5.82 Å². The molecule has 0 radical (unpaired) electrons. The number of alkyl halides is 3. The summed E-state index contributed by atoms with van der Waals surface area (Å²) in [6, 6.07) is 9.53. The van der Waals surface area contributed by atoms with E-state index in [1.807, 2.05) is 0 Å². The summed E-state index contributed by atoms with van der Waals surface area (Å²) in [5, 5.41) is 8.91. The standard InChI is InChI=1S/C21H18F4N4O4S/c1-26-34(3,31)14-6-4-5-13(10-14)27-19(30)15-11-18(21(23,24)25)28-29-20(15)33-16-8-7-12(22)9-17(16)32-2/h4-11H,1-3H3,(H,27,30). The number of ether oxygens (including phenoxy) is 2. The van der Waals surface area contributed by atoms with Crippen LogP contribution in [-0.4, -0.2) is 40.7 Å². The number of anilines is 1. The summed E-state index contributed by atoms with van der Waals surface area (Å²) in [6.45, 7) is 0. The Kier molecular flexibility index (Phi) is 7.05. The van der Waals surface area contributed by atoms with Crippen LogP contribution in [-0.2, 0) is 15.9 Å². The van der Waals surface area contributed by atoms with Gasteiger partial charge in [0, 0.05) is 30.0 Å². The maximum Gasteiger partial charge on any atom is 0.435 e. The number of rotatable bonds is 6. The molecule has 180 valence electrons. The van der Waals surface area contributed by atoms with Gasteiger partial charge in [-0.1, -0.05) is 6.07 Å². The average Bonchev–Trinajstić information content (AvgIpc) is 2.79. The van der Waals surface area contributed by atoms with Crippen LogP contribution in [0.3, 0.4) is 0 Å². The molecule has 0 aliphatic rings.